The molecule has 1 aliphatic carbocycles. The number of methoxy groups -OCH3 is 2. The van der Waals surface area contributed by atoms with Gasteiger partial charge in [-0.1, -0.05) is 54.1 Å². The van der Waals surface area contributed by atoms with Crippen LogP contribution in [0.15, 0.2) is 120 Å². The van der Waals surface area contributed by atoms with Crippen LogP contribution in [0.1, 0.15) is 92.9 Å². The van der Waals surface area contributed by atoms with Gasteiger partial charge in [-0.25, -0.2) is 35.9 Å². The van der Waals surface area contributed by atoms with Gasteiger partial charge in [0.1, 0.15) is 46.7 Å². The van der Waals surface area contributed by atoms with Crippen molar-refractivity contribution in [3.8, 4) is 0 Å². The van der Waals surface area contributed by atoms with Gasteiger partial charge in [-0.05, 0) is 189 Å². The molecule has 0 radical (unpaired) electrons. The summed E-state index contributed by atoms with van der Waals surface area (Å²) in [6.07, 6.45) is 5.26. The van der Waals surface area contributed by atoms with Crippen molar-refractivity contribution in [2.75, 3.05) is 33.2 Å². The standard InChI is InChI=1S/C13H16FNO3.C13H14FNO3.C12H16FNO2.C10H16FNO.C7H6FI.C7H8FN.Al.Li.4H/c2*1-8-4-5-10(11(14)6-8)7-12(13(17)18-3)15-9(2)16;1-8-3-4-10(12(13)5-8)6-11(7-15)14-9(2)16;1-7-2-3-8(10(11)4-7)5-9(12)6-13;2*1-5-2-3-7(9)6(8)4-5;;;;;;/h4-6,12H,7H2,1-3H3,(H,15,16);4-7H,1-3H3,(H,15,16);3-5,11,15H,6-7H2,1-2H3,(H,14,16);4,9,13H,2-3,5-6,12H2,1H3;2-4H,1H3;2-4H,9H2,1H3;;;;;;/q;;;;;;;+1;;;;-1/b;12-7-;;;;;;;;;;/t12-;;11-;9-;;;;;;;;/m0.00......../s1. The first-order chi connectivity index (χ1) is 38.9. The molecule has 85 heavy (non-hydrogen) atoms. The van der Waals surface area contributed by atoms with Crippen molar-refractivity contribution in [2.45, 2.75) is 113 Å². The molecule has 0 spiro atoms. The normalized spacial score (nSPS) is 12.2. The van der Waals surface area contributed by atoms with Crippen LogP contribution in [0.3, 0.4) is 0 Å². The van der Waals surface area contributed by atoms with Gasteiger partial charge in [-0.3, -0.25) is 14.4 Å². The van der Waals surface area contributed by atoms with Crippen LogP contribution in [0, 0.1) is 67.3 Å². The molecule has 0 unspecified atom stereocenters. The molecule has 23 heteroatoms. The van der Waals surface area contributed by atoms with Crippen molar-refractivity contribution in [3.05, 3.63) is 197 Å². The molecule has 3 amide bonds. The number of hydrogen-bond acceptors (Lipinski definition) is 11. The summed E-state index contributed by atoms with van der Waals surface area (Å²) in [6.45, 7) is 14.6. The van der Waals surface area contributed by atoms with Gasteiger partial charge in [0, 0.05) is 42.4 Å². The van der Waals surface area contributed by atoms with Gasteiger partial charge < -0.3 is 48.5 Å². The smallest absolute Gasteiger partial charge is 1.00 e. The number of esters is 2. The van der Waals surface area contributed by atoms with E-state index in [1.54, 1.807) is 68.5 Å². The summed E-state index contributed by atoms with van der Waals surface area (Å²) in [6, 6.07) is 22.5. The Balaban J connectivity index is -0.000000971. The number of nitrogens with two attached hydrogens (primary N) is 2. The molecule has 0 heterocycles. The molecule has 1 aliphatic rings. The number of benzene rings is 5. The second kappa shape index (κ2) is 42.6. The maximum atomic E-state index is 13.7. The van der Waals surface area contributed by atoms with Gasteiger partial charge in [0.2, 0.25) is 17.7 Å². The molecule has 5 aromatic carbocycles. The van der Waals surface area contributed by atoms with E-state index in [1.165, 1.54) is 77.5 Å². The van der Waals surface area contributed by atoms with E-state index >= 15 is 0 Å². The number of rotatable bonds is 14. The van der Waals surface area contributed by atoms with Crippen molar-refractivity contribution in [1.29, 1.82) is 0 Å². The van der Waals surface area contributed by atoms with Gasteiger partial charge in [-0.2, -0.15) is 0 Å². The molecule has 5 aromatic rings. The number of nitrogen functional groups attached to an aromatic ring is 1. The van der Waals surface area contributed by atoms with E-state index in [0.717, 1.165) is 51.8 Å². The van der Waals surface area contributed by atoms with E-state index in [1.807, 2.05) is 56.4 Å². The number of hydrogen-bond donors (Lipinski definition) is 7. The number of halogens is 7. The summed E-state index contributed by atoms with van der Waals surface area (Å²) in [5.74, 6) is -4.14. The number of carbonyl (C=O) groups is 5. The van der Waals surface area contributed by atoms with Crippen molar-refractivity contribution in [3.63, 3.8) is 0 Å². The Morgan fingerprint density at radius 1 is 0.624 bits per heavy atom. The summed E-state index contributed by atoms with van der Waals surface area (Å²) in [5.41, 5.74) is 18.0. The molecule has 6 rings (SSSR count). The molecule has 9 N–H and O–H groups in total. The van der Waals surface area contributed by atoms with Gasteiger partial charge in [-0.15, -0.1) is 0 Å². The van der Waals surface area contributed by atoms with Crippen molar-refractivity contribution in [1.82, 2.24) is 16.0 Å². The summed E-state index contributed by atoms with van der Waals surface area (Å²) in [7, 11) is 2.41. The number of nitrogens with one attached hydrogen (secondary N) is 3. The van der Waals surface area contributed by atoms with Crippen LogP contribution < -0.4 is 46.3 Å². The average molecular weight is 1310 g/mol. The van der Waals surface area contributed by atoms with Gasteiger partial charge >= 0.3 is 30.8 Å². The maximum Gasteiger partial charge on any atom is 1.00 e. The van der Waals surface area contributed by atoms with Crippen molar-refractivity contribution < 1.29 is 90.3 Å². The summed E-state index contributed by atoms with van der Waals surface area (Å²) in [5, 5.41) is 25.1. The van der Waals surface area contributed by atoms with Crippen LogP contribution in [0.5, 0.6) is 0 Å². The molecule has 0 saturated heterocycles. The molecule has 0 fully saturated rings. The van der Waals surface area contributed by atoms with E-state index in [0.29, 0.717) is 27.5 Å². The third-order valence-corrected chi connectivity index (χ3v) is 12.4. The second-order valence-corrected chi connectivity index (χ2v) is 20.4. The van der Waals surface area contributed by atoms with Gasteiger partial charge in [0.05, 0.1) is 39.2 Å². The molecule has 3 atom stereocenters. The first-order valence-electron chi connectivity index (χ1n) is 25.8. The molecule has 460 valence electrons. The Morgan fingerprint density at radius 2 is 1.09 bits per heavy atom. The Kier molecular flexibility index (Phi) is 40.5. The Labute approximate surface area is 532 Å². The minimum atomic E-state index is -0.871. The topological polar surface area (TPSA) is 232 Å². The molecule has 0 saturated carbocycles. The zero-order chi connectivity index (χ0) is 63.1. The van der Waals surface area contributed by atoms with Crippen LogP contribution in [-0.2, 0) is 46.3 Å². The summed E-state index contributed by atoms with van der Waals surface area (Å²) >= 11 is 1.97. The number of ether oxygens (including phenoxy) is 2. The number of aliphatic hydroxyl groups excluding tert-OH is 2. The number of allylic oxidation sites excluding steroid dienone is 3. The zero-order valence-corrected chi connectivity index (χ0v) is 51.7. The maximum absolute atomic E-state index is 13.7. The average Bonchev–Trinajstić information content (AvgIpc) is 3.64. The molecule has 14 nitrogen and oxygen atoms in total. The van der Waals surface area contributed by atoms with Gasteiger partial charge in [0.15, 0.2) is 17.4 Å². The van der Waals surface area contributed by atoms with E-state index < -0.39 is 41.6 Å². The first kappa shape index (κ1) is 80.9. The fourth-order valence-electron chi connectivity index (χ4n) is 7.17. The fraction of sp³-hybridized carbons (Fsp3) is 0.339. The summed E-state index contributed by atoms with van der Waals surface area (Å²) in [4.78, 5) is 55.6. The van der Waals surface area contributed by atoms with Crippen molar-refractivity contribution in [2.24, 2.45) is 5.73 Å². The van der Waals surface area contributed by atoms with Crippen LogP contribution in [0.25, 0.3) is 6.08 Å². The molecule has 0 aromatic heterocycles. The largest absolute Gasteiger partial charge is 1.00 e. The Morgan fingerprint density at radius 3 is 1.49 bits per heavy atom. The van der Waals surface area contributed by atoms with Crippen LogP contribution in [0.4, 0.5) is 32.0 Å². The Bertz CT molecular complexity index is 3040. The minimum Gasteiger partial charge on any atom is -1.00 e. The SMILES string of the molecule is CC(=O)N[C@H](CO)Cc1ccc(C)cc1F.CC1=CC(F)=C(C[C@H](N)CO)CC1.COC(=O)/C(=C/c1ccc(C)cc1F)NC(C)=O.COC(=O)[C@H](Cc1ccc(C)cc1F)NC(C)=O.Cc1ccc(I)c(F)c1.Cc1ccc(N)c(F)c1.[AlH3].[H-].[Li+]. The van der Waals surface area contributed by atoms with E-state index in [4.69, 9.17) is 21.7 Å². The van der Waals surface area contributed by atoms with Crippen LogP contribution >= 0.6 is 22.6 Å². The second-order valence-electron chi connectivity index (χ2n) is 19.2. The van der Waals surface area contributed by atoms with Crippen LogP contribution in [0.2, 0.25) is 0 Å². The molecule has 0 aliphatic heterocycles. The fourth-order valence-corrected chi connectivity index (χ4v) is 7.51. The number of carbonyl (C=O) groups excluding carboxylic acids is 5. The quantitative estimate of drug-likeness (QED) is 0.0162. The number of aryl methyl sites for hydroxylation is 5. The Hall–Kier alpha value is -6.21. The number of anilines is 1. The monoisotopic (exact) mass is 1310 g/mol. The number of amides is 3. The summed E-state index contributed by atoms with van der Waals surface area (Å²) < 4.78 is 88.8. The minimum absolute atomic E-state index is 0. The van der Waals surface area contributed by atoms with E-state index in [-0.39, 0.29) is 115 Å². The predicted octanol–water partition coefficient (Wildman–Crippen LogP) is 6.36. The third kappa shape index (κ3) is 33.3. The van der Waals surface area contributed by atoms with E-state index in [2.05, 4.69) is 25.4 Å². The zero-order valence-electron chi connectivity index (χ0n) is 50.5. The predicted molar refractivity (Wildman–Crippen MR) is 330 cm³/mol. The van der Waals surface area contributed by atoms with Crippen LogP contribution in [-0.4, -0.2) is 103 Å². The number of aliphatic hydroxyl groups is 2. The first-order valence-corrected chi connectivity index (χ1v) is 26.9. The molecule has 0 bridgehead atoms. The third-order valence-electron chi connectivity index (χ3n) is 11.5. The molecular formula is C62H80AlF6ILiN5O9. The van der Waals surface area contributed by atoms with Crippen molar-refractivity contribution >= 4 is 81.4 Å². The molecular weight excluding hydrogens is 1230 g/mol. The van der Waals surface area contributed by atoms with E-state index in [9.17, 15) is 50.3 Å². The van der Waals surface area contributed by atoms with Gasteiger partial charge in [0.25, 0.3) is 0 Å².